The van der Waals surface area contributed by atoms with Crippen molar-refractivity contribution >= 4 is 44.8 Å². The number of likely N-dealkylation sites (N-methyl/N-ethyl adjacent to an activating group) is 1. The van der Waals surface area contributed by atoms with Crippen LogP contribution in [0.15, 0.2) is 35.2 Å². The second-order valence-electron chi connectivity index (χ2n) is 5.18. The summed E-state index contributed by atoms with van der Waals surface area (Å²) in [4.78, 5) is 13.9. The van der Waals surface area contributed by atoms with Crippen LogP contribution in [0.1, 0.15) is 10.4 Å². The van der Waals surface area contributed by atoms with Crippen molar-refractivity contribution in [1.29, 1.82) is 0 Å². The van der Waals surface area contributed by atoms with Crippen LogP contribution in [-0.2, 0) is 10.0 Å². The van der Waals surface area contributed by atoms with E-state index in [1.54, 1.807) is 49.3 Å². The molecule has 2 N–H and O–H groups in total. The topological polar surface area (TPSA) is 78.5 Å². The first kappa shape index (κ1) is 17.7. The van der Waals surface area contributed by atoms with Gasteiger partial charge in [-0.15, -0.1) is 12.4 Å². The molecule has 0 bridgehead atoms. The summed E-state index contributed by atoms with van der Waals surface area (Å²) in [6.45, 7) is 0.850. The molecule has 0 saturated heterocycles. The second kappa shape index (κ2) is 6.45. The number of amides is 1. The van der Waals surface area contributed by atoms with Gasteiger partial charge in [-0.05, 0) is 25.2 Å². The number of nitrogens with zero attached hydrogens (tertiary/aromatic N) is 1. The van der Waals surface area contributed by atoms with Crippen molar-refractivity contribution in [3.05, 3.63) is 35.9 Å². The van der Waals surface area contributed by atoms with Crippen LogP contribution in [0.3, 0.4) is 0 Å². The average molecular weight is 356 g/mol. The SMILES string of the molecule is CNCCNS(=O)(=O)c1ccc2c3c(cccc13)C(=O)N2C.Cl. The Bertz CT molecular complexity index is 868. The van der Waals surface area contributed by atoms with Crippen LogP contribution >= 0.6 is 12.4 Å². The van der Waals surface area contributed by atoms with Gasteiger partial charge in [-0.2, -0.15) is 0 Å². The Labute approximate surface area is 141 Å². The summed E-state index contributed by atoms with van der Waals surface area (Å²) < 4.78 is 27.5. The van der Waals surface area contributed by atoms with Crippen LogP contribution in [-0.4, -0.2) is 41.5 Å². The third-order valence-corrected chi connectivity index (χ3v) is 5.35. The van der Waals surface area contributed by atoms with Crippen LogP contribution in [0.2, 0.25) is 0 Å². The molecule has 1 amide bonds. The largest absolute Gasteiger partial charge is 0.318 e. The zero-order valence-corrected chi connectivity index (χ0v) is 14.4. The standard InChI is InChI=1S/C15H17N3O3S.ClH/c1-16-8-9-17-22(20,21)13-7-6-12-14-10(13)4-3-5-11(14)15(19)18(12)2;/h3-7,16-17H,8-9H2,1-2H3;1H. The summed E-state index contributed by atoms with van der Waals surface area (Å²) in [5, 5.41) is 4.16. The van der Waals surface area contributed by atoms with Gasteiger partial charge in [-0.3, -0.25) is 4.79 Å². The maximum atomic E-state index is 12.5. The van der Waals surface area contributed by atoms with Gasteiger partial charge < -0.3 is 10.2 Å². The molecule has 23 heavy (non-hydrogen) atoms. The van der Waals surface area contributed by atoms with Crippen molar-refractivity contribution in [2.75, 3.05) is 32.1 Å². The fourth-order valence-corrected chi connectivity index (χ4v) is 3.96. The summed E-state index contributed by atoms with van der Waals surface area (Å²) in [5.74, 6) is -0.113. The monoisotopic (exact) mass is 355 g/mol. The molecular weight excluding hydrogens is 338 g/mol. The highest BCUT2D eigenvalue weighted by Crippen LogP contribution is 2.39. The number of rotatable bonds is 5. The highest BCUT2D eigenvalue weighted by atomic mass is 35.5. The zero-order chi connectivity index (χ0) is 15.9. The van der Waals surface area contributed by atoms with Gasteiger partial charge in [0.25, 0.3) is 5.91 Å². The number of halogens is 1. The normalized spacial score (nSPS) is 13.5. The molecule has 0 aliphatic carbocycles. The third kappa shape index (κ3) is 2.81. The molecule has 0 saturated carbocycles. The van der Waals surface area contributed by atoms with Gasteiger partial charge in [-0.1, -0.05) is 12.1 Å². The van der Waals surface area contributed by atoms with E-state index in [4.69, 9.17) is 0 Å². The van der Waals surface area contributed by atoms with Crippen molar-refractivity contribution < 1.29 is 13.2 Å². The van der Waals surface area contributed by atoms with Gasteiger partial charge in [0.15, 0.2) is 0 Å². The Balaban J connectivity index is 0.00000192. The Hall–Kier alpha value is -1.67. The van der Waals surface area contributed by atoms with E-state index in [1.165, 1.54) is 0 Å². The Kier molecular flexibility index (Phi) is 4.95. The minimum atomic E-state index is -3.62. The number of hydrogen-bond acceptors (Lipinski definition) is 4. The third-order valence-electron chi connectivity index (χ3n) is 3.83. The van der Waals surface area contributed by atoms with Crippen molar-refractivity contribution in [2.24, 2.45) is 0 Å². The van der Waals surface area contributed by atoms with Gasteiger partial charge in [0.05, 0.1) is 10.6 Å². The molecule has 0 atom stereocenters. The van der Waals surface area contributed by atoms with E-state index in [2.05, 4.69) is 10.0 Å². The van der Waals surface area contributed by atoms with Crippen molar-refractivity contribution in [3.8, 4) is 0 Å². The molecule has 8 heteroatoms. The van der Waals surface area contributed by atoms with Gasteiger partial charge in [0, 0.05) is 36.5 Å². The number of nitrogens with one attached hydrogen (secondary N) is 2. The van der Waals surface area contributed by atoms with Crippen molar-refractivity contribution in [2.45, 2.75) is 4.90 Å². The van der Waals surface area contributed by atoms with Gasteiger partial charge in [0.2, 0.25) is 10.0 Å². The lowest BCUT2D eigenvalue weighted by atomic mass is 10.1. The second-order valence-corrected chi connectivity index (χ2v) is 6.91. The molecule has 124 valence electrons. The van der Waals surface area contributed by atoms with Gasteiger partial charge >= 0.3 is 0 Å². The molecular formula is C15H18ClN3O3S. The van der Waals surface area contributed by atoms with Crippen LogP contribution in [0.25, 0.3) is 10.8 Å². The van der Waals surface area contributed by atoms with E-state index < -0.39 is 10.0 Å². The maximum Gasteiger partial charge on any atom is 0.258 e. The molecule has 0 aromatic heterocycles. The van der Waals surface area contributed by atoms with Crippen molar-refractivity contribution in [3.63, 3.8) is 0 Å². The van der Waals surface area contributed by atoms with Crippen LogP contribution in [0.4, 0.5) is 5.69 Å². The fourth-order valence-electron chi connectivity index (χ4n) is 2.73. The number of hydrogen-bond donors (Lipinski definition) is 2. The Morgan fingerprint density at radius 2 is 1.87 bits per heavy atom. The predicted octanol–water partition coefficient (Wildman–Crippen LogP) is 1.35. The number of anilines is 1. The summed E-state index contributed by atoms with van der Waals surface area (Å²) in [7, 11) is -0.170. The summed E-state index contributed by atoms with van der Waals surface area (Å²) >= 11 is 0. The molecule has 1 heterocycles. The molecule has 0 spiro atoms. The highest BCUT2D eigenvalue weighted by Gasteiger charge is 2.29. The molecule has 0 fully saturated rings. The maximum absolute atomic E-state index is 12.5. The van der Waals surface area contributed by atoms with E-state index in [0.717, 1.165) is 5.69 Å². The smallest absolute Gasteiger partial charge is 0.258 e. The molecule has 3 rings (SSSR count). The van der Waals surface area contributed by atoms with E-state index in [0.29, 0.717) is 29.4 Å². The molecule has 2 aromatic rings. The lowest BCUT2D eigenvalue weighted by molar-refractivity contribution is 0.0999. The number of carbonyl (C=O) groups is 1. The van der Waals surface area contributed by atoms with Crippen LogP contribution < -0.4 is 14.9 Å². The lowest BCUT2D eigenvalue weighted by Crippen LogP contribution is -2.30. The zero-order valence-electron chi connectivity index (χ0n) is 12.8. The highest BCUT2D eigenvalue weighted by molar-refractivity contribution is 7.89. The Morgan fingerprint density at radius 3 is 2.57 bits per heavy atom. The summed E-state index contributed by atoms with van der Waals surface area (Å²) in [6, 6.07) is 8.41. The Morgan fingerprint density at radius 1 is 1.13 bits per heavy atom. The lowest BCUT2D eigenvalue weighted by Gasteiger charge is -2.12. The number of sulfonamides is 1. The van der Waals surface area contributed by atoms with Gasteiger partial charge in [-0.25, -0.2) is 13.1 Å². The average Bonchev–Trinajstić information content (AvgIpc) is 2.75. The molecule has 6 nitrogen and oxygen atoms in total. The summed E-state index contributed by atoms with van der Waals surface area (Å²) in [5.41, 5.74) is 1.28. The fraction of sp³-hybridized carbons (Fsp3) is 0.267. The van der Waals surface area contributed by atoms with E-state index in [-0.39, 0.29) is 23.2 Å². The number of benzene rings is 2. The quantitative estimate of drug-likeness (QED) is 0.793. The number of carbonyl (C=O) groups excluding carboxylic acids is 1. The van der Waals surface area contributed by atoms with E-state index >= 15 is 0 Å². The van der Waals surface area contributed by atoms with Crippen LogP contribution in [0, 0.1) is 0 Å². The first-order valence-electron chi connectivity index (χ1n) is 6.95. The van der Waals surface area contributed by atoms with Gasteiger partial charge in [0.1, 0.15) is 0 Å². The molecule has 2 aromatic carbocycles. The first-order valence-corrected chi connectivity index (χ1v) is 8.44. The van der Waals surface area contributed by atoms with Crippen molar-refractivity contribution in [1.82, 2.24) is 10.0 Å². The molecule has 1 aliphatic rings. The minimum absolute atomic E-state index is 0. The first-order chi connectivity index (χ1) is 10.5. The minimum Gasteiger partial charge on any atom is -0.318 e. The molecule has 0 unspecified atom stereocenters. The summed E-state index contributed by atoms with van der Waals surface area (Å²) in [6.07, 6.45) is 0. The van der Waals surface area contributed by atoms with E-state index in [9.17, 15) is 13.2 Å². The predicted molar refractivity (Wildman–Crippen MR) is 93.0 cm³/mol. The molecule has 0 radical (unpaired) electrons. The van der Waals surface area contributed by atoms with Crippen LogP contribution in [0.5, 0.6) is 0 Å². The molecule has 1 aliphatic heterocycles. The van der Waals surface area contributed by atoms with E-state index in [1.807, 2.05) is 0 Å².